The van der Waals surface area contributed by atoms with Crippen molar-refractivity contribution in [2.75, 3.05) is 29.9 Å². The van der Waals surface area contributed by atoms with E-state index in [0.29, 0.717) is 36.2 Å². The number of nitrogens with one attached hydrogen (secondary N) is 2. The van der Waals surface area contributed by atoms with Crippen LogP contribution in [0.3, 0.4) is 0 Å². The lowest BCUT2D eigenvalue weighted by Crippen LogP contribution is -2.46. The zero-order valence-electron chi connectivity index (χ0n) is 16.5. The Hall–Kier alpha value is -3.27. The van der Waals surface area contributed by atoms with Gasteiger partial charge in [-0.25, -0.2) is 9.78 Å². The van der Waals surface area contributed by atoms with Gasteiger partial charge in [-0.1, -0.05) is 0 Å². The summed E-state index contributed by atoms with van der Waals surface area (Å²) < 4.78 is 4.97. The molecule has 10 heteroatoms. The molecule has 0 aliphatic carbocycles. The van der Waals surface area contributed by atoms with Gasteiger partial charge in [-0.15, -0.1) is 0 Å². The Labute approximate surface area is 179 Å². The number of benzene rings is 1. The number of carbonyl (C=O) groups excluding carboxylic acids is 1. The number of esters is 1. The van der Waals surface area contributed by atoms with E-state index in [9.17, 15) is 14.9 Å². The molecule has 0 unspecified atom stereocenters. The standard InChI is InChI=1S/C20H23N5O4S/c1-2-29-19(26)14-5-7-15(8-6-14)22-20(30)23-16-9-12-24(13-10-16)18-17(25(27)28)4-3-11-21-18/h3-8,11,16H,2,9-10,12-13H2,1H3,(H2,22,23,30). The smallest absolute Gasteiger partial charge is 0.338 e. The van der Waals surface area contributed by atoms with Crippen LogP contribution in [0.1, 0.15) is 30.1 Å². The fraction of sp³-hybridized carbons (Fsp3) is 0.350. The molecule has 0 bridgehead atoms. The number of pyridine rings is 1. The SMILES string of the molecule is CCOC(=O)c1ccc(NC(=S)NC2CCN(c3ncccc3[N+](=O)[O-])CC2)cc1. The summed E-state index contributed by atoms with van der Waals surface area (Å²) in [6.07, 6.45) is 3.12. The number of piperidine rings is 1. The van der Waals surface area contributed by atoms with Crippen LogP contribution in [0.15, 0.2) is 42.6 Å². The Morgan fingerprint density at radius 2 is 2.00 bits per heavy atom. The quantitative estimate of drug-likeness (QED) is 0.310. The van der Waals surface area contributed by atoms with E-state index in [2.05, 4.69) is 15.6 Å². The highest BCUT2D eigenvalue weighted by Gasteiger charge is 2.26. The van der Waals surface area contributed by atoms with Crippen molar-refractivity contribution >= 4 is 40.5 Å². The molecule has 2 heterocycles. The zero-order valence-corrected chi connectivity index (χ0v) is 17.4. The predicted molar refractivity (Wildman–Crippen MR) is 118 cm³/mol. The Morgan fingerprint density at radius 3 is 2.63 bits per heavy atom. The van der Waals surface area contributed by atoms with Gasteiger partial charge in [-0.05, 0) is 62.3 Å². The molecule has 158 valence electrons. The lowest BCUT2D eigenvalue weighted by molar-refractivity contribution is -0.384. The van der Waals surface area contributed by atoms with E-state index in [1.165, 1.54) is 6.07 Å². The first-order valence-electron chi connectivity index (χ1n) is 9.67. The van der Waals surface area contributed by atoms with Crippen LogP contribution in [-0.4, -0.2) is 46.7 Å². The van der Waals surface area contributed by atoms with Crippen LogP contribution >= 0.6 is 12.2 Å². The van der Waals surface area contributed by atoms with Crippen molar-refractivity contribution < 1.29 is 14.5 Å². The summed E-state index contributed by atoms with van der Waals surface area (Å²) in [7, 11) is 0. The largest absolute Gasteiger partial charge is 0.462 e. The van der Waals surface area contributed by atoms with Gasteiger partial charge >= 0.3 is 11.7 Å². The van der Waals surface area contributed by atoms with Crippen molar-refractivity contribution in [3.8, 4) is 0 Å². The molecule has 1 aromatic heterocycles. The molecule has 0 saturated carbocycles. The normalized spacial score (nSPS) is 14.1. The van der Waals surface area contributed by atoms with Gasteiger partial charge in [0.1, 0.15) is 0 Å². The summed E-state index contributed by atoms with van der Waals surface area (Å²) in [6.45, 7) is 3.39. The maximum atomic E-state index is 11.7. The van der Waals surface area contributed by atoms with Crippen molar-refractivity contribution in [2.24, 2.45) is 0 Å². The average Bonchev–Trinajstić information content (AvgIpc) is 2.75. The summed E-state index contributed by atoms with van der Waals surface area (Å²) in [4.78, 5) is 28.6. The third-order valence-electron chi connectivity index (χ3n) is 4.75. The summed E-state index contributed by atoms with van der Waals surface area (Å²) in [5.74, 6) is 0.0491. The number of carbonyl (C=O) groups is 1. The third-order valence-corrected chi connectivity index (χ3v) is 4.97. The first-order chi connectivity index (χ1) is 14.5. The van der Waals surface area contributed by atoms with Crippen LogP contribution in [0.4, 0.5) is 17.2 Å². The summed E-state index contributed by atoms with van der Waals surface area (Å²) in [5, 5.41) is 18.1. The molecule has 9 nitrogen and oxygen atoms in total. The molecule has 0 radical (unpaired) electrons. The molecule has 0 spiro atoms. The van der Waals surface area contributed by atoms with Crippen LogP contribution < -0.4 is 15.5 Å². The van der Waals surface area contributed by atoms with Crippen LogP contribution in [0, 0.1) is 10.1 Å². The van der Waals surface area contributed by atoms with Crippen LogP contribution in [0.2, 0.25) is 0 Å². The van der Waals surface area contributed by atoms with Crippen molar-refractivity contribution in [3.63, 3.8) is 0 Å². The van der Waals surface area contributed by atoms with Crippen molar-refractivity contribution in [2.45, 2.75) is 25.8 Å². The van der Waals surface area contributed by atoms with E-state index in [1.807, 2.05) is 4.90 Å². The topological polar surface area (TPSA) is 110 Å². The molecule has 1 saturated heterocycles. The van der Waals surface area contributed by atoms with E-state index in [-0.39, 0.29) is 17.7 Å². The molecule has 1 aliphatic rings. The number of rotatable bonds is 6. The second-order valence-electron chi connectivity index (χ2n) is 6.76. The number of anilines is 2. The molecule has 2 N–H and O–H groups in total. The highest BCUT2D eigenvalue weighted by Crippen LogP contribution is 2.27. The monoisotopic (exact) mass is 429 g/mol. The Kier molecular flexibility index (Phi) is 7.12. The van der Waals surface area contributed by atoms with Gasteiger partial charge in [-0.2, -0.15) is 0 Å². The molecule has 2 aromatic rings. The second kappa shape index (κ2) is 9.97. The number of nitrogens with zero attached hydrogens (tertiary/aromatic N) is 3. The zero-order chi connectivity index (χ0) is 21.5. The van der Waals surface area contributed by atoms with E-state index in [4.69, 9.17) is 17.0 Å². The lowest BCUT2D eigenvalue weighted by Gasteiger charge is -2.33. The average molecular weight is 430 g/mol. The molecule has 3 rings (SSSR count). The number of ether oxygens (including phenoxy) is 1. The summed E-state index contributed by atoms with van der Waals surface area (Å²) in [6, 6.07) is 10.1. The van der Waals surface area contributed by atoms with Gasteiger partial charge < -0.3 is 20.3 Å². The first-order valence-corrected chi connectivity index (χ1v) is 10.1. The van der Waals surface area contributed by atoms with Crippen LogP contribution in [0.25, 0.3) is 0 Å². The van der Waals surface area contributed by atoms with Crippen LogP contribution in [0.5, 0.6) is 0 Å². The highest BCUT2D eigenvalue weighted by atomic mass is 32.1. The molecule has 0 amide bonds. The first kappa shape index (κ1) is 21.4. The fourth-order valence-electron chi connectivity index (χ4n) is 3.27. The second-order valence-corrected chi connectivity index (χ2v) is 7.17. The van der Waals surface area contributed by atoms with Gasteiger partial charge in [0.05, 0.1) is 17.1 Å². The van der Waals surface area contributed by atoms with Crippen LogP contribution in [-0.2, 0) is 4.74 Å². The highest BCUT2D eigenvalue weighted by molar-refractivity contribution is 7.80. The van der Waals surface area contributed by atoms with E-state index < -0.39 is 4.92 Å². The van der Waals surface area contributed by atoms with Gasteiger partial charge in [0.2, 0.25) is 5.82 Å². The van der Waals surface area contributed by atoms with Crippen molar-refractivity contribution in [1.29, 1.82) is 0 Å². The molecule has 1 aromatic carbocycles. The Balaban J connectivity index is 1.50. The fourth-order valence-corrected chi connectivity index (χ4v) is 3.55. The maximum Gasteiger partial charge on any atom is 0.338 e. The van der Waals surface area contributed by atoms with E-state index >= 15 is 0 Å². The molecule has 1 aliphatic heterocycles. The van der Waals surface area contributed by atoms with Gasteiger partial charge in [-0.3, -0.25) is 10.1 Å². The number of thiocarbonyl (C=S) groups is 1. The van der Waals surface area contributed by atoms with Gasteiger partial charge in [0.25, 0.3) is 0 Å². The molecular weight excluding hydrogens is 406 g/mol. The number of hydrogen-bond donors (Lipinski definition) is 2. The number of hydrogen-bond acceptors (Lipinski definition) is 7. The van der Waals surface area contributed by atoms with Gasteiger partial charge in [0.15, 0.2) is 5.11 Å². The predicted octanol–water partition coefficient (Wildman–Crippen LogP) is 3.12. The summed E-state index contributed by atoms with van der Waals surface area (Å²) >= 11 is 5.39. The molecule has 1 fully saturated rings. The Bertz CT molecular complexity index is 914. The van der Waals surface area contributed by atoms with Crippen molar-refractivity contribution in [1.82, 2.24) is 10.3 Å². The third kappa shape index (κ3) is 5.41. The molecular formula is C20H23N5O4S. The minimum Gasteiger partial charge on any atom is -0.462 e. The van der Waals surface area contributed by atoms with E-state index in [1.54, 1.807) is 43.5 Å². The number of nitro groups is 1. The molecule has 30 heavy (non-hydrogen) atoms. The number of aromatic nitrogens is 1. The Morgan fingerprint density at radius 1 is 1.30 bits per heavy atom. The lowest BCUT2D eigenvalue weighted by atomic mass is 10.1. The minimum absolute atomic E-state index is 0.0207. The van der Waals surface area contributed by atoms with Gasteiger partial charge in [0, 0.05) is 37.1 Å². The summed E-state index contributed by atoms with van der Waals surface area (Å²) in [5.41, 5.74) is 1.27. The maximum absolute atomic E-state index is 11.7. The van der Waals surface area contributed by atoms with Crippen molar-refractivity contribution in [3.05, 3.63) is 58.3 Å². The van der Waals surface area contributed by atoms with E-state index in [0.717, 1.165) is 18.5 Å². The molecule has 0 atom stereocenters. The minimum atomic E-state index is -0.404.